The fourth-order valence-electron chi connectivity index (χ4n) is 6.22. The van der Waals surface area contributed by atoms with Gasteiger partial charge in [-0.05, 0) is 5.56 Å². The minimum atomic E-state index is -0.563. The van der Waals surface area contributed by atoms with Crippen LogP contribution in [-0.4, -0.2) is 27.0 Å². The lowest BCUT2D eigenvalue weighted by molar-refractivity contribution is 0.977. The van der Waals surface area contributed by atoms with Crippen LogP contribution in [0, 0.1) is 0 Å². The monoisotopic (exact) mass is 505 g/mol. The highest BCUT2D eigenvalue weighted by Gasteiger charge is 2.37. The highest BCUT2D eigenvalue weighted by molar-refractivity contribution is 7.05. The molecule has 38 heavy (non-hydrogen) atoms. The zero-order valence-electron chi connectivity index (χ0n) is 20.0. The molecule has 176 valence electrons. The molecule has 0 radical (unpaired) electrons. The standard InChI is InChI=1S/C31H17BClN5/c33-32-37-26-19-12-4-8-16-23(19)30(37)35-28-21-14-6-7-15-22(21)29(34-28)36-31-24-17-9-5-13-20(24)27(38(31)32)25(26)18-10-2-1-3-11-18/h1-17H. The van der Waals surface area contributed by atoms with Crippen LogP contribution in [0.4, 0.5) is 5.82 Å². The molecule has 0 N–H and O–H groups in total. The number of amidine groups is 2. The SMILES string of the molecule is ClB1n2c3c4ccccc4c2C(c2ccccc2)=c2c4ccccc4c(n21)=NC1=NC(=N3)c2ccccc21. The maximum Gasteiger partial charge on any atom is 0.497 e. The third-order valence-electron chi connectivity index (χ3n) is 7.79. The normalized spacial score (nSPS) is 14.9. The Hall–Kier alpha value is -4.68. The van der Waals surface area contributed by atoms with Crippen LogP contribution in [0.2, 0.25) is 0 Å². The number of hydrogen-bond acceptors (Lipinski definition) is 3. The van der Waals surface area contributed by atoms with Crippen molar-refractivity contribution in [3.63, 3.8) is 0 Å². The van der Waals surface area contributed by atoms with Crippen LogP contribution in [-0.2, 0) is 0 Å². The van der Waals surface area contributed by atoms with Crippen molar-refractivity contribution in [2.45, 2.75) is 0 Å². The van der Waals surface area contributed by atoms with Gasteiger partial charge in [-0.1, -0.05) is 103 Å². The maximum absolute atomic E-state index is 7.49. The van der Waals surface area contributed by atoms with Gasteiger partial charge >= 0.3 is 6.40 Å². The molecule has 0 saturated heterocycles. The molecule has 5 nitrogen and oxygen atoms in total. The second-order valence-corrected chi connectivity index (χ2v) is 10.1. The van der Waals surface area contributed by atoms with Gasteiger partial charge in [-0.2, -0.15) is 0 Å². The van der Waals surface area contributed by atoms with Crippen molar-refractivity contribution >= 4 is 62.5 Å². The number of rotatable bonds is 1. The van der Waals surface area contributed by atoms with Gasteiger partial charge in [0.25, 0.3) is 0 Å². The maximum atomic E-state index is 7.49. The van der Waals surface area contributed by atoms with Gasteiger partial charge in [0.1, 0.15) is 11.3 Å². The highest BCUT2D eigenvalue weighted by atomic mass is 35.5. The second-order valence-electron chi connectivity index (χ2n) is 9.76. The number of nitrogens with zero attached hydrogens (tertiary/aromatic N) is 5. The Bertz CT molecular complexity index is 2200. The van der Waals surface area contributed by atoms with E-state index in [1.807, 2.05) is 12.1 Å². The van der Waals surface area contributed by atoms with Crippen LogP contribution in [0.3, 0.4) is 0 Å². The number of benzene rings is 4. The molecule has 5 heterocycles. The number of halogens is 1. The van der Waals surface area contributed by atoms with E-state index in [0.717, 1.165) is 66.2 Å². The Kier molecular flexibility index (Phi) is 3.87. The highest BCUT2D eigenvalue weighted by Crippen LogP contribution is 2.41. The fraction of sp³-hybridized carbons (Fsp3) is 0. The lowest BCUT2D eigenvalue weighted by atomic mass is 9.93. The zero-order valence-corrected chi connectivity index (χ0v) is 20.8. The molecule has 4 bridgehead atoms. The number of aromatic nitrogens is 2. The summed E-state index contributed by atoms with van der Waals surface area (Å²) in [5.74, 6) is 2.12. The molecule has 3 aliphatic rings. The van der Waals surface area contributed by atoms with E-state index < -0.39 is 6.40 Å². The minimum absolute atomic E-state index is 0.563. The summed E-state index contributed by atoms with van der Waals surface area (Å²) in [6.07, 6.45) is -0.563. The molecule has 4 aromatic carbocycles. The van der Waals surface area contributed by atoms with Crippen molar-refractivity contribution < 1.29 is 0 Å². The van der Waals surface area contributed by atoms with Gasteiger partial charge in [-0.25, -0.2) is 15.0 Å². The lowest BCUT2D eigenvalue weighted by Crippen LogP contribution is -2.47. The molecule has 7 heteroatoms. The van der Waals surface area contributed by atoms with E-state index in [1.165, 1.54) is 0 Å². The summed E-state index contributed by atoms with van der Waals surface area (Å²) in [6, 6.07) is 35.6. The second kappa shape index (κ2) is 7.21. The first-order valence-corrected chi connectivity index (χ1v) is 13.0. The molecule has 0 atom stereocenters. The van der Waals surface area contributed by atoms with Gasteiger partial charge in [-0.15, -0.1) is 11.5 Å². The Morgan fingerprint density at radius 1 is 0.553 bits per heavy atom. The first-order chi connectivity index (χ1) is 18.8. The molecule has 0 amide bonds. The summed E-state index contributed by atoms with van der Waals surface area (Å²) in [6.45, 7) is 0. The molecule has 0 unspecified atom stereocenters. The fourth-order valence-corrected chi connectivity index (χ4v) is 6.60. The molecular weight excluding hydrogens is 489 g/mol. The van der Waals surface area contributed by atoms with Crippen LogP contribution in [0.25, 0.3) is 27.1 Å². The first kappa shape index (κ1) is 20.4. The van der Waals surface area contributed by atoms with E-state index in [1.54, 1.807) is 0 Å². The van der Waals surface area contributed by atoms with Crippen molar-refractivity contribution in [2.24, 2.45) is 15.0 Å². The van der Waals surface area contributed by atoms with E-state index in [-0.39, 0.29) is 0 Å². The molecule has 9 rings (SSSR count). The summed E-state index contributed by atoms with van der Waals surface area (Å²) < 4.78 is 4.32. The topological polar surface area (TPSA) is 46.9 Å². The average Bonchev–Trinajstić information content (AvgIpc) is 3.60. The third kappa shape index (κ3) is 2.45. The smallest absolute Gasteiger partial charge is 0.334 e. The van der Waals surface area contributed by atoms with Gasteiger partial charge in [0.2, 0.25) is 0 Å². The summed E-state index contributed by atoms with van der Waals surface area (Å²) in [5.41, 5.74) is 6.06. The van der Waals surface area contributed by atoms with Crippen LogP contribution in [0.15, 0.2) is 118 Å². The average molecular weight is 506 g/mol. The van der Waals surface area contributed by atoms with Crippen LogP contribution in [0.5, 0.6) is 0 Å². The third-order valence-corrected chi connectivity index (χ3v) is 8.18. The van der Waals surface area contributed by atoms with E-state index in [2.05, 4.69) is 100.0 Å². The molecule has 0 spiro atoms. The van der Waals surface area contributed by atoms with Crippen LogP contribution < -0.4 is 10.8 Å². The predicted octanol–water partition coefficient (Wildman–Crippen LogP) is 5.25. The van der Waals surface area contributed by atoms with Crippen LogP contribution >= 0.6 is 11.5 Å². The van der Waals surface area contributed by atoms with Gasteiger partial charge in [0, 0.05) is 38.2 Å². The summed E-state index contributed by atoms with van der Waals surface area (Å²) in [7, 11) is 0. The van der Waals surface area contributed by atoms with E-state index in [9.17, 15) is 0 Å². The van der Waals surface area contributed by atoms with Crippen LogP contribution in [0.1, 0.15) is 22.4 Å². The Balaban J connectivity index is 1.63. The lowest BCUT2D eigenvalue weighted by Gasteiger charge is -2.24. The Labute approximate surface area is 222 Å². The molecule has 2 aromatic heterocycles. The summed E-state index contributed by atoms with van der Waals surface area (Å²) in [4.78, 5) is 15.4. The summed E-state index contributed by atoms with van der Waals surface area (Å²) >= 11 is 7.49. The van der Waals surface area contributed by atoms with Crippen molar-refractivity contribution in [1.29, 1.82) is 0 Å². The van der Waals surface area contributed by atoms with E-state index in [0.29, 0.717) is 11.7 Å². The van der Waals surface area contributed by atoms with Gasteiger partial charge < -0.3 is 8.96 Å². The quantitative estimate of drug-likeness (QED) is 0.274. The largest absolute Gasteiger partial charge is 0.497 e. The zero-order chi connectivity index (χ0) is 25.0. The predicted molar refractivity (Wildman–Crippen MR) is 154 cm³/mol. The van der Waals surface area contributed by atoms with Crippen molar-refractivity contribution in [2.75, 3.05) is 0 Å². The van der Waals surface area contributed by atoms with Gasteiger partial charge in [0.05, 0.1) is 11.0 Å². The van der Waals surface area contributed by atoms with Crippen molar-refractivity contribution in [3.05, 3.63) is 136 Å². The molecule has 0 fully saturated rings. The molecule has 6 aromatic rings. The number of fused-ring (bicyclic) bond motifs is 10. The number of aliphatic imine (C=N–C) groups is 2. The molecular formula is C31H17BClN5. The van der Waals surface area contributed by atoms with E-state index in [4.69, 9.17) is 26.4 Å². The van der Waals surface area contributed by atoms with Crippen molar-refractivity contribution in [1.82, 2.24) is 8.96 Å². The number of hydrogen-bond donors (Lipinski definition) is 0. The summed E-state index contributed by atoms with van der Waals surface area (Å²) in [5, 5.41) is 5.38. The van der Waals surface area contributed by atoms with Crippen molar-refractivity contribution in [3.8, 4) is 0 Å². The van der Waals surface area contributed by atoms with Gasteiger partial charge in [0.15, 0.2) is 11.7 Å². The molecule has 0 aliphatic carbocycles. The van der Waals surface area contributed by atoms with E-state index >= 15 is 0 Å². The Morgan fingerprint density at radius 3 is 1.92 bits per heavy atom. The molecule has 0 saturated carbocycles. The van der Waals surface area contributed by atoms with Gasteiger partial charge in [-0.3, -0.25) is 0 Å². The first-order valence-electron chi connectivity index (χ1n) is 12.6. The minimum Gasteiger partial charge on any atom is -0.334 e. The molecule has 3 aliphatic heterocycles. The Morgan fingerprint density at radius 2 is 1.16 bits per heavy atom.